The van der Waals surface area contributed by atoms with E-state index in [4.69, 9.17) is 10.5 Å². The van der Waals surface area contributed by atoms with Gasteiger partial charge in [0, 0.05) is 11.8 Å². The third-order valence-corrected chi connectivity index (χ3v) is 3.17. The Morgan fingerprint density at radius 3 is 2.74 bits per heavy atom. The lowest BCUT2D eigenvalue weighted by Gasteiger charge is -2.12. The van der Waals surface area contributed by atoms with E-state index in [0.29, 0.717) is 5.69 Å². The SMILES string of the molecule is COc1cc(N)ccc1-n1c(C)nc2ccccc21. The summed E-state index contributed by atoms with van der Waals surface area (Å²) in [6, 6.07) is 13.7. The van der Waals surface area contributed by atoms with E-state index in [9.17, 15) is 0 Å². The maximum Gasteiger partial charge on any atom is 0.144 e. The van der Waals surface area contributed by atoms with E-state index in [2.05, 4.69) is 9.55 Å². The lowest BCUT2D eigenvalue weighted by atomic mass is 10.2. The minimum atomic E-state index is 0.683. The number of benzene rings is 2. The number of nitrogens with two attached hydrogens (primary N) is 1. The van der Waals surface area contributed by atoms with E-state index >= 15 is 0 Å². The minimum absolute atomic E-state index is 0.683. The largest absolute Gasteiger partial charge is 0.494 e. The van der Waals surface area contributed by atoms with Gasteiger partial charge in [0.1, 0.15) is 11.6 Å². The Kier molecular flexibility index (Phi) is 2.63. The molecule has 0 saturated carbocycles. The van der Waals surface area contributed by atoms with E-state index in [-0.39, 0.29) is 0 Å². The highest BCUT2D eigenvalue weighted by molar-refractivity contribution is 5.79. The van der Waals surface area contributed by atoms with E-state index < -0.39 is 0 Å². The first-order chi connectivity index (χ1) is 9.20. The van der Waals surface area contributed by atoms with E-state index in [1.165, 1.54) is 0 Å². The van der Waals surface area contributed by atoms with E-state index in [0.717, 1.165) is 28.3 Å². The van der Waals surface area contributed by atoms with Crippen LogP contribution in [0.4, 0.5) is 5.69 Å². The lowest BCUT2D eigenvalue weighted by molar-refractivity contribution is 0.413. The van der Waals surface area contributed by atoms with E-state index in [1.54, 1.807) is 7.11 Å². The zero-order chi connectivity index (χ0) is 13.4. The number of rotatable bonds is 2. The molecule has 0 bridgehead atoms. The maximum atomic E-state index is 5.80. The Morgan fingerprint density at radius 1 is 1.16 bits per heavy atom. The number of para-hydroxylation sites is 2. The van der Waals surface area contributed by atoms with Gasteiger partial charge in [-0.05, 0) is 31.2 Å². The third kappa shape index (κ3) is 1.81. The van der Waals surface area contributed by atoms with Crippen molar-refractivity contribution in [2.24, 2.45) is 0 Å². The Hall–Kier alpha value is -2.49. The second-order valence-corrected chi connectivity index (χ2v) is 4.41. The van der Waals surface area contributed by atoms with Gasteiger partial charge in [-0.1, -0.05) is 12.1 Å². The minimum Gasteiger partial charge on any atom is -0.494 e. The number of hydrogen-bond donors (Lipinski definition) is 1. The Labute approximate surface area is 111 Å². The molecule has 0 fully saturated rings. The summed E-state index contributed by atoms with van der Waals surface area (Å²) in [5, 5.41) is 0. The van der Waals surface area contributed by atoms with Crippen LogP contribution in [0.3, 0.4) is 0 Å². The highest BCUT2D eigenvalue weighted by Gasteiger charge is 2.12. The van der Waals surface area contributed by atoms with Crippen LogP contribution in [0.25, 0.3) is 16.7 Å². The number of hydrogen-bond acceptors (Lipinski definition) is 3. The molecular formula is C15H15N3O. The molecule has 2 aromatic carbocycles. The molecule has 4 heteroatoms. The standard InChI is InChI=1S/C15H15N3O/c1-10-17-12-5-3-4-6-13(12)18(10)14-8-7-11(16)9-15(14)19-2/h3-9H,16H2,1-2H3. The molecule has 0 radical (unpaired) electrons. The van der Waals surface area contributed by atoms with Crippen molar-refractivity contribution in [1.29, 1.82) is 0 Å². The van der Waals surface area contributed by atoms with Gasteiger partial charge in [0.15, 0.2) is 0 Å². The smallest absolute Gasteiger partial charge is 0.144 e. The van der Waals surface area contributed by atoms with Gasteiger partial charge in [0.25, 0.3) is 0 Å². The van der Waals surface area contributed by atoms with Crippen molar-refractivity contribution in [3.8, 4) is 11.4 Å². The van der Waals surface area contributed by atoms with Gasteiger partial charge in [-0.15, -0.1) is 0 Å². The molecule has 0 amide bonds. The second kappa shape index (κ2) is 4.31. The molecule has 0 aliphatic heterocycles. The summed E-state index contributed by atoms with van der Waals surface area (Å²) in [6.07, 6.45) is 0. The normalized spacial score (nSPS) is 10.8. The van der Waals surface area contributed by atoms with Gasteiger partial charge in [-0.2, -0.15) is 0 Å². The number of fused-ring (bicyclic) bond motifs is 1. The Morgan fingerprint density at radius 2 is 1.95 bits per heavy atom. The summed E-state index contributed by atoms with van der Waals surface area (Å²) in [5.41, 5.74) is 9.46. The first kappa shape index (κ1) is 11.6. The average molecular weight is 253 g/mol. The van der Waals surface area contributed by atoms with Crippen LogP contribution in [0, 0.1) is 6.92 Å². The summed E-state index contributed by atoms with van der Waals surface area (Å²) in [4.78, 5) is 4.56. The van der Waals surface area contributed by atoms with Crippen molar-refractivity contribution in [3.05, 3.63) is 48.3 Å². The van der Waals surface area contributed by atoms with E-state index in [1.807, 2.05) is 49.4 Å². The van der Waals surface area contributed by atoms with Crippen LogP contribution in [0.15, 0.2) is 42.5 Å². The number of aryl methyl sites for hydroxylation is 1. The van der Waals surface area contributed by atoms with Gasteiger partial charge in [-0.3, -0.25) is 4.57 Å². The summed E-state index contributed by atoms with van der Waals surface area (Å²) in [6.45, 7) is 1.98. The first-order valence-electron chi connectivity index (χ1n) is 6.08. The molecule has 0 aliphatic carbocycles. The molecule has 4 nitrogen and oxygen atoms in total. The van der Waals surface area contributed by atoms with Gasteiger partial charge in [0.05, 0.1) is 23.8 Å². The quantitative estimate of drug-likeness (QED) is 0.714. The van der Waals surface area contributed by atoms with Crippen LogP contribution < -0.4 is 10.5 Å². The zero-order valence-electron chi connectivity index (χ0n) is 10.9. The molecule has 96 valence electrons. The van der Waals surface area contributed by atoms with Crippen molar-refractivity contribution in [2.45, 2.75) is 6.92 Å². The summed E-state index contributed by atoms with van der Waals surface area (Å²) < 4.78 is 7.50. The molecule has 3 rings (SSSR count). The van der Waals surface area contributed by atoms with Crippen LogP contribution in [0.1, 0.15) is 5.82 Å². The predicted molar refractivity (Wildman–Crippen MR) is 76.8 cm³/mol. The molecular weight excluding hydrogens is 238 g/mol. The Balaban J connectivity index is 2.33. The summed E-state index contributed by atoms with van der Waals surface area (Å²) in [5.74, 6) is 1.66. The van der Waals surface area contributed by atoms with Crippen molar-refractivity contribution >= 4 is 16.7 Å². The molecule has 0 aliphatic rings. The molecule has 1 aromatic heterocycles. The number of nitrogens with zero attached hydrogens (tertiary/aromatic N) is 2. The fourth-order valence-electron chi connectivity index (χ4n) is 2.33. The van der Waals surface area contributed by atoms with Crippen molar-refractivity contribution in [3.63, 3.8) is 0 Å². The van der Waals surface area contributed by atoms with Crippen LogP contribution in [-0.2, 0) is 0 Å². The van der Waals surface area contributed by atoms with Gasteiger partial charge in [-0.25, -0.2) is 4.98 Å². The molecule has 0 spiro atoms. The topological polar surface area (TPSA) is 53.1 Å². The van der Waals surface area contributed by atoms with Gasteiger partial charge in [0.2, 0.25) is 0 Å². The summed E-state index contributed by atoms with van der Waals surface area (Å²) in [7, 11) is 1.65. The molecule has 2 N–H and O–H groups in total. The fraction of sp³-hybridized carbons (Fsp3) is 0.133. The average Bonchev–Trinajstić information content (AvgIpc) is 2.74. The van der Waals surface area contributed by atoms with Crippen LogP contribution in [0.5, 0.6) is 5.75 Å². The fourth-order valence-corrected chi connectivity index (χ4v) is 2.33. The monoisotopic (exact) mass is 253 g/mol. The lowest BCUT2D eigenvalue weighted by Crippen LogP contribution is -2.01. The third-order valence-electron chi connectivity index (χ3n) is 3.17. The van der Waals surface area contributed by atoms with Crippen LogP contribution >= 0.6 is 0 Å². The number of anilines is 1. The highest BCUT2D eigenvalue weighted by Crippen LogP contribution is 2.29. The van der Waals surface area contributed by atoms with Crippen LogP contribution in [0.2, 0.25) is 0 Å². The maximum absolute atomic E-state index is 5.80. The van der Waals surface area contributed by atoms with Crippen molar-refractivity contribution in [2.75, 3.05) is 12.8 Å². The number of ether oxygens (including phenoxy) is 1. The second-order valence-electron chi connectivity index (χ2n) is 4.41. The van der Waals surface area contributed by atoms with Crippen molar-refractivity contribution in [1.82, 2.24) is 9.55 Å². The predicted octanol–water partition coefficient (Wildman–Crippen LogP) is 2.92. The molecule has 19 heavy (non-hydrogen) atoms. The molecule has 1 heterocycles. The molecule has 0 unspecified atom stereocenters. The first-order valence-corrected chi connectivity index (χ1v) is 6.08. The Bertz CT molecular complexity index is 746. The number of aromatic nitrogens is 2. The molecule has 0 saturated heterocycles. The number of imidazole rings is 1. The van der Waals surface area contributed by atoms with Crippen LogP contribution in [-0.4, -0.2) is 16.7 Å². The zero-order valence-corrected chi connectivity index (χ0v) is 10.9. The van der Waals surface area contributed by atoms with Crippen molar-refractivity contribution < 1.29 is 4.74 Å². The van der Waals surface area contributed by atoms with Gasteiger partial charge < -0.3 is 10.5 Å². The van der Waals surface area contributed by atoms with Gasteiger partial charge >= 0.3 is 0 Å². The molecule has 0 atom stereocenters. The number of nitrogen functional groups attached to an aromatic ring is 1. The highest BCUT2D eigenvalue weighted by atomic mass is 16.5. The molecule has 3 aromatic rings. The summed E-state index contributed by atoms with van der Waals surface area (Å²) >= 11 is 0. The number of methoxy groups -OCH3 is 1.